The molecule has 1 aromatic carbocycles. The van der Waals surface area contributed by atoms with Gasteiger partial charge in [-0.3, -0.25) is 4.90 Å². The van der Waals surface area contributed by atoms with E-state index in [4.69, 9.17) is 9.47 Å². The van der Waals surface area contributed by atoms with Gasteiger partial charge in [-0.05, 0) is 31.0 Å². The predicted octanol–water partition coefficient (Wildman–Crippen LogP) is 2.63. The van der Waals surface area contributed by atoms with E-state index >= 15 is 0 Å². The van der Waals surface area contributed by atoms with Gasteiger partial charge in [0.1, 0.15) is 11.3 Å². The van der Waals surface area contributed by atoms with Crippen LogP contribution in [0.15, 0.2) is 24.3 Å². The van der Waals surface area contributed by atoms with Crippen LogP contribution in [0.25, 0.3) is 0 Å². The van der Waals surface area contributed by atoms with Crippen molar-refractivity contribution in [3.05, 3.63) is 29.8 Å². The molecule has 1 saturated heterocycles. The Balaban J connectivity index is 2.08. The fourth-order valence-corrected chi connectivity index (χ4v) is 2.64. The molecule has 1 aliphatic heterocycles. The molecule has 0 spiro atoms. The van der Waals surface area contributed by atoms with Gasteiger partial charge in [0.2, 0.25) is 0 Å². The quantitative estimate of drug-likeness (QED) is 0.807. The summed E-state index contributed by atoms with van der Waals surface area (Å²) in [5.74, 6) is 0.886. The number of nitrogens with zero attached hydrogens (tertiary/aromatic N) is 2. The first-order chi connectivity index (χ1) is 10.2. The predicted molar refractivity (Wildman–Crippen MR) is 82.3 cm³/mol. The number of nitriles is 1. The lowest BCUT2D eigenvalue weighted by atomic mass is 9.92. The molecule has 0 radical (unpaired) electrons. The lowest BCUT2D eigenvalue weighted by molar-refractivity contribution is 0.00188. The zero-order valence-electron chi connectivity index (χ0n) is 13.0. The van der Waals surface area contributed by atoms with Gasteiger partial charge in [0.25, 0.3) is 0 Å². The SMILES string of the molecule is CCCOc1cccc(CC(C)(C#N)N2CCOCC2)c1. The van der Waals surface area contributed by atoms with Crippen molar-refractivity contribution in [2.45, 2.75) is 32.2 Å². The first-order valence-corrected chi connectivity index (χ1v) is 7.64. The van der Waals surface area contributed by atoms with Gasteiger partial charge in [-0.25, -0.2) is 0 Å². The van der Waals surface area contributed by atoms with Gasteiger partial charge < -0.3 is 9.47 Å². The first-order valence-electron chi connectivity index (χ1n) is 7.64. The molecule has 1 atom stereocenters. The maximum atomic E-state index is 9.65. The molecule has 1 aromatic rings. The van der Waals surface area contributed by atoms with Crippen molar-refractivity contribution in [3.63, 3.8) is 0 Å². The number of benzene rings is 1. The topological polar surface area (TPSA) is 45.5 Å². The summed E-state index contributed by atoms with van der Waals surface area (Å²) in [6.45, 7) is 7.87. The van der Waals surface area contributed by atoms with E-state index in [2.05, 4.69) is 24.0 Å². The molecule has 114 valence electrons. The lowest BCUT2D eigenvalue weighted by Gasteiger charge is -2.38. The van der Waals surface area contributed by atoms with E-state index in [1.807, 2.05) is 25.1 Å². The normalized spacial score (nSPS) is 18.7. The van der Waals surface area contributed by atoms with Crippen LogP contribution in [0.2, 0.25) is 0 Å². The van der Waals surface area contributed by atoms with E-state index in [0.29, 0.717) is 19.6 Å². The van der Waals surface area contributed by atoms with Crippen LogP contribution in [0, 0.1) is 11.3 Å². The first kappa shape index (κ1) is 15.8. The molecular formula is C17H24N2O2. The van der Waals surface area contributed by atoms with E-state index in [9.17, 15) is 5.26 Å². The largest absolute Gasteiger partial charge is 0.494 e. The summed E-state index contributed by atoms with van der Waals surface area (Å²) in [5, 5.41) is 9.65. The summed E-state index contributed by atoms with van der Waals surface area (Å²) in [5.41, 5.74) is 0.645. The number of hydrogen-bond acceptors (Lipinski definition) is 4. The molecule has 21 heavy (non-hydrogen) atoms. The van der Waals surface area contributed by atoms with E-state index < -0.39 is 5.54 Å². The minimum atomic E-state index is -0.493. The third-order valence-corrected chi connectivity index (χ3v) is 3.87. The van der Waals surface area contributed by atoms with Crippen molar-refractivity contribution < 1.29 is 9.47 Å². The second-order valence-corrected chi connectivity index (χ2v) is 5.66. The summed E-state index contributed by atoms with van der Waals surface area (Å²) in [6.07, 6.45) is 1.70. The molecule has 0 aliphatic carbocycles. The van der Waals surface area contributed by atoms with Gasteiger partial charge in [0.15, 0.2) is 0 Å². The molecule has 1 unspecified atom stereocenters. The van der Waals surface area contributed by atoms with Gasteiger partial charge in [0.05, 0.1) is 25.9 Å². The van der Waals surface area contributed by atoms with Crippen molar-refractivity contribution in [1.29, 1.82) is 5.26 Å². The van der Waals surface area contributed by atoms with Crippen LogP contribution < -0.4 is 4.74 Å². The van der Waals surface area contributed by atoms with Gasteiger partial charge in [-0.2, -0.15) is 5.26 Å². The Hall–Kier alpha value is -1.57. The Morgan fingerprint density at radius 2 is 2.14 bits per heavy atom. The highest BCUT2D eigenvalue weighted by Gasteiger charge is 2.33. The van der Waals surface area contributed by atoms with Crippen LogP contribution in [0.3, 0.4) is 0 Å². The Bertz CT molecular complexity index is 492. The van der Waals surface area contributed by atoms with E-state index in [-0.39, 0.29) is 0 Å². The van der Waals surface area contributed by atoms with Crippen molar-refractivity contribution in [1.82, 2.24) is 4.90 Å². The second kappa shape index (κ2) is 7.44. The van der Waals surface area contributed by atoms with Crippen molar-refractivity contribution in [2.24, 2.45) is 0 Å². The minimum absolute atomic E-state index is 0.493. The Morgan fingerprint density at radius 1 is 1.38 bits per heavy atom. The van der Waals surface area contributed by atoms with E-state index in [0.717, 1.165) is 37.4 Å². The second-order valence-electron chi connectivity index (χ2n) is 5.66. The molecule has 4 nitrogen and oxygen atoms in total. The fourth-order valence-electron chi connectivity index (χ4n) is 2.64. The van der Waals surface area contributed by atoms with Crippen LogP contribution in [-0.4, -0.2) is 43.3 Å². The Labute approximate surface area is 127 Å². The highest BCUT2D eigenvalue weighted by molar-refractivity contribution is 5.31. The van der Waals surface area contributed by atoms with Gasteiger partial charge >= 0.3 is 0 Å². The number of hydrogen-bond donors (Lipinski definition) is 0. The van der Waals surface area contributed by atoms with E-state index in [1.165, 1.54) is 0 Å². The molecule has 0 amide bonds. The summed E-state index contributed by atoms with van der Waals surface area (Å²) in [6, 6.07) is 10.6. The highest BCUT2D eigenvalue weighted by Crippen LogP contribution is 2.24. The number of morpholine rings is 1. The van der Waals surface area contributed by atoms with Crippen LogP contribution >= 0.6 is 0 Å². The summed E-state index contributed by atoms with van der Waals surface area (Å²) >= 11 is 0. The van der Waals surface area contributed by atoms with Crippen molar-refractivity contribution in [2.75, 3.05) is 32.9 Å². The average Bonchev–Trinajstić information content (AvgIpc) is 2.54. The molecular weight excluding hydrogens is 264 g/mol. The van der Waals surface area contributed by atoms with Crippen LogP contribution in [0.1, 0.15) is 25.8 Å². The van der Waals surface area contributed by atoms with Gasteiger partial charge in [-0.15, -0.1) is 0 Å². The van der Waals surface area contributed by atoms with Crippen molar-refractivity contribution in [3.8, 4) is 11.8 Å². The summed E-state index contributed by atoms with van der Waals surface area (Å²) in [4.78, 5) is 2.22. The third-order valence-electron chi connectivity index (χ3n) is 3.87. The summed E-state index contributed by atoms with van der Waals surface area (Å²) in [7, 11) is 0. The standard InChI is InChI=1S/C17H24N2O2/c1-3-9-21-16-6-4-5-15(12-16)13-17(2,14-18)19-7-10-20-11-8-19/h4-6,12H,3,7-11,13H2,1-2H3. The maximum absolute atomic E-state index is 9.65. The molecule has 0 N–H and O–H groups in total. The molecule has 1 fully saturated rings. The smallest absolute Gasteiger partial charge is 0.119 e. The fraction of sp³-hybridized carbons (Fsp3) is 0.588. The molecule has 4 heteroatoms. The third kappa shape index (κ3) is 4.20. The minimum Gasteiger partial charge on any atom is -0.494 e. The number of rotatable bonds is 6. The monoisotopic (exact) mass is 288 g/mol. The molecule has 0 bridgehead atoms. The molecule has 1 heterocycles. The van der Waals surface area contributed by atoms with Gasteiger partial charge in [0, 0.05) is 19.5 Å². The number of ether oxygens (including phenoxy) is 2. The zero-order valence-corrected chi connectivity index (χ0v) is 13.0. The van der Waals surface area contributed by atoms with Crippen LogP contribution in [0.4, 0.5) is 0 Å². The molecule has 0 saturated carbocycles. The van der Waals surface area contributed by atoms with E-state index in [1.54, 1.807) is 0 Å². The molecule has 1 aliphatic rings. The van der Waals surface area contributed by atoms with Gasteiger partial charge in [-0.1, -0.05) is 19.1 Å². The van der Waals surface area contributed by atoms with Crippen LogP contribution in [-0.2, 0) is 11.2 Å². The van der Waals surface area contributed by atoms with Crippen LogP contribution in [0.5, 0.6) is 5.75 Å². The zero-order chi connectivity index (χ0) is 15.1. The highest BCUT2D eigenvalue weighted by atomic mass is 16.5. The molecule has 0 aromatic heterocycles. The maximum Gasteiger partial charge on any atom is 0.119 e. The summed E-state index contributed by atoms with van der Waals surface area (Å²) < 4.78 is 11.1. The van der Waals surface area contributed by atoms with Crippen molar-refractivity contribution >= 4 is 0 Å². The Kier molecular flexibility index (Phi) is 5.60. The average molecular weight is 288 g/mol. The molecule has 2 rings (SSSR count). The lowest BCUT2D eigenvalue weighted by Crippen LogP contribution is -2.52. The Morgan fingerprint density at radius 3 is 2.81 bits per heavy atom.